The average molecular weight is 270 g/mol. The van der Waals surface area contributed by atoms with Gasteiger partial charge in [-0.25, -0.2) is 19.3 Å². The Bertz CT molecular complexity index is 788. The number of anilines is 2. The van der Waals surface area contributed by atoms with Crippen LogP contribution in [0.1, 0.15) is 5.56 Å². The topological polar surface area (TPSA) is 92.3 Å². The van der Waals surface area contributed by atoms with E-state index < -0.39 is 0 Å². The van der Waals surface area contributed by atoms with E-state index >= 15 is 0 Å². The summed E-state index contributed by atoms with van der Waals surface area (Å²) >= 11 is 0. The monoisotopic (exact) mass is 270 g/mol. The lowest BCUT2D eigenvalue weighted by atomic mass is 10.2. The molecule has 0 radical (unpaired) electrons. The summed E-state index contributed by atoms with van der Waals surface area (Å²) in [6, 6.07) is 9.65. The van der Waals surface area contributed by atoms with E-state index in [1.165, 1.54) is 10.7 Å². The third-order valence-electron chi connectivity index (χ3n) is 3.20. The molecule has 0 saturated carbocycles. The smallest absolute Gasteiger partial charge is 0.329 e. The van der Waals surface area contributed by atoms with Gasteiger partial charge in [0.2, 0.25) is 0 Å². The largest absolute Gasteiger partial charge is 0.348 e. The van der Waals surface area contributed by atoms with Crippen LogP contribution in [-0.4, -0.2) is 26.6 Å². The van der Waals surface area contributed by atoms with Crippen molar-refractivity contribution in [3.63, 3.8) is 0 Å². The van der Waals surface area contributed by atoms with Gasteiger partial charge >= 0.3 is 5.69 Å². The standard InChI is InChI=1S/C13H14N6O/c1-18(10-4-2-9(7-14)3-5-10)11-6-12-16-17-13(20)19(12)8-15-11/h2-6,8H,7,14H2,1H3,(H,17,20). The molecule has 0 amide bonds. The van der Waals surface area contributed by atoms with Crippen LogP contribution in [0.3, 0.4) is 0 Å². The third kappa shape index (κ3) is 2.04. The van der Waals surface area contributed by atoms with Gasteiger partial charge in [-0.2, -0.15) is 5.10 Å². The van der Waals surface area contributed by atoms with Gasteiger partial charge in [0.05, 0.1) is 0 Å². The molecule has 102 valence electrons. The lowest BCUT2D eigenvalue weighted by Gasteiger charge is -2.18. The predicted octanol–water partition coefficient (Wildman–Crippen LogP) is 0.644. The van der Waals surface area contributed by atoms with Crippen LogP contribution in [0.25, 0.3) is 5.65 Å². The Morgan fingerprint density at radius 2 is 2.10 bits per heavy atom. The Kier molecular flexibility index (Phi) is 2.96. The van der Waals surface area contributed by atoms with Gasteiger partial charge in [0, 0.05) is 25.3 Å². The van der Waals surface area contributed by atoms with Crippen LogP contribution in [0.4, 0.5) is 11.5 Å². The maximum Gasteiger partial charge on any atom is 0.348 e. The molecule has 20 heavy (non-hydrogen) atoms. The summed E-state index contributed by atoms with van der Waals surface area (Å²) in [6.45, 7) is 0.518. The van der Waals surface area contributed by atoms with Crippen LogP contribution in [0.15, 0.2) is 41.5 Å². The number of rotatable bonds is 3. The first-order chi connectivity index (χ1) is 9.69. The van der Waals surface area contributed by atoms with E-state index in [9.17, 15) is 4.79 Å². The van der Waals surface area contributed by atoms with Crippen molar-refractivity contribution in [3.8, 4) is 0 Å². The molecule has 3 rings (SSSR count). The van der Waals surface area contributed by atoms with Gasteiger partial charge in [-0.1, -0.05) is 12.1 Å². The molecule has 0 aliphatic carbocycles. The Morgan fingerprint density at radius 1 is 1.35 bits per heavy atom. The lowest BCUT2D eigenvalue weighted by Crippen LogP contribution is -2.14. The van der Waals surface area contributed by atoms with Gasteiger partial charge in [0.1, 0.15) is 12.1 Å². The molecule has 0 atom stereocenters. The molecular weight excluding hydrogens is 256 g/mol. The number of nitrogens with one attached hydrogen (secondary N) is 1. The molecule has 0 aliphatic rings. The van der Waals surface area contributed by atoms with Crippen LogP contribution < -0.4 is 16.3 Å². The molecule has 0 bridgehead atoms. The van der Waals surface area contributed by atoms with Gasteiger partial charge in [-0.05, 0) is 17.7 Å². The first kappa shape index (κ1) is 12.4. The molecule has 1 aromatic carbocycles. The number of aromatic nitrogens is 4. The number of H-pyrrole nitrogens is 1. The predicted molar refractivity (Wildman–Crippen MR) is 76.0 cm³/mol. The maximum atomic E-state index is 11.4. The SMILES string of the molecule is CN(c1ccc(CN)cc1)c1cc2n[nH]c(=O)n2cn1. The Labute approximate surface area is 114 Å². The van der Waals surface area contributed by atoms with Gasteiger partial charge in [0.15, 0.2) is 5.65 Å². The Morgan fingerprint density at radius 3 is 2.80 bits per heavy atom. The van der Waals surface area contributed by atoms with Crippen molar-refractivity contribution in [2.75, 3.05) is 11.9 Å². The zero-order valence-corrected chi connectivity index (χ0v) is 10.9. The molecule has 0 fully saturated rings. The molecular formula is C13H14N6O. The molecule has 0 saturated heterocycles. The van der Waals surface area contributed by atoms with Crippen LogP contribution in [0.2, 0.25) is 0 Å². The highest BCUT2D eigenvalue weighted by Gasteiger charge is 2.08. The number of nitrogens with zero attached hydrogens (tertiary/aromatic N) is 4. The van der Waals surface area contributed by atoms with Gasteiger partial charge in [-0.3, -0.25) is 0 Å². The normalized spacial score (nSPS) is 10.9. The molecule has 7 nitrogen and oxygen atoms in total. The Balaban J connectivity index is 1.98. The highest BCUT2D eigenvalue weighted by molar-refractivity contribution is 5.62. The fourth-order valence-corrected chi connectivity index (χ4v) is 1.97. The van der Waals surface area contributed by atoms with Crippen LogP contribution in [-0.2, 0) is 6.54 Å². The van der Waals surface area contributed by atoms with Gasteiger partial charge in [-0.15, -0.1) is 0 Å². The second-order valence-corrected chi connectivity index (χ2v) is 4.43. The van der Waals surface area contributed by atoms with Crippen LogP contribution in [0, 0.1) is 0 Å². The number of fused-ring (bicyclic) bond motifs is 1. The lowest BCUT2D eigenvalue weighted by molar-refractivity contribution is 0.986. The van der Waals surface area contributed by atoms with Crippen LogP contribution in [0.5, 0.6) is 0 Å². The fraction of sp³-hybridized carbons (Fsp3) is 0.154. The minimum Gasteiger partial charge on any atom is -0.329 e. The zero-order valence-electron chi connectivity index (χ0n) is 10.9. The summed E-state index contributed by atoms with van der Waals surface area (Å²) in [5.74, 6) is 0.706. The summed E-state index contributed by atoms with van der Waals surface area (Å²) in [7, 11) is 1.90. The summed E-state index contributed by atoms with van der Waals surface area (Å²) in [6.07, 6.45) is 1.46. The van der Waals surface area contributed by atoms with E-state index in [1.807, 2.05) is 36.2 Å². The fourth-order valence-electron chi connectivity index (χ4n) is 1.97. The quantitative estimate of drug-likeness (QED) is 0.728. The summed E-state index contributed by atoms with van der Waals surface area (Å²) in [5, 5.41) is 6.31. The first-order valence-corrected chi connectivity index (χ1v) is 6.14. The highest BCUT2D eigenvalue weighted by atomic mass is 16.1. The molecule has 0 spiro atoms. The minimum absolute atomic E-state index is 0.297. The first-order valence-electron chi connectivity index (χ1n) is 6.14. The number of benzene rings is 1. The maximum absolute atomic E-state index is 11.4. The average Bonchev–Trinajstić information content (AvgIpc) is 2.87. The summed E-state index contributed by atoms with van der Waals surface area (Å²) < 4.78 is 1.36. The van der Waals surface area contributed by atoms with Crippen molar-refractivity contribution in [3.05, 3.63) is 52.7 Å². The minimum atomic E-state index is -0.297. The van der Waals surface area contributed by atoms with Crippen molar-refractivity contribution in [1.29, 1.82) is 0 Å². The Hall–Kier alpha value is -2.67. The third-order valence-corrected chi connectivity index (χ3v) is 3.20. The number of nitrogens with two attached hydrogens (primary N) is 1. The number of hydrogen-bond acceptors (Lipinski definition) is 5. The number of hydrogen-bond donors (Lipinski definition) is 2. The van der Waals surface area contributed by atoms with E-state index in [2.05, 4.69) is 15.2 Å². The second-order valence-electron chi connectivity index (χ2n) is 4.43. The second kappa shape index (κ2) is 4.78. The van der Waals surface area contributed by atoms with E-state index in [-0.39, 0.29) is 5.69 Å². The van der Waals surface area contributed by atoms with E-state index in [0.29, 0.717) is 18.0 Å². The number of aromatic amines is 1. The van der Waals surface area contributed by atoms with Crippen molar-refractivity contribution >= 4 is 17.2 Å². The van der Waals surface area contributed by atoms with Crippen molar-refractivity contribution in [2.24, 2.45) is 5.73 Å². The van der Waals surface area contributed by atoms with Crippen molar-refractivity contribution < 1.29 is 0 Å². The molecule has 7 heteroatoms. The molecule has 0 aliphatic heterocycles. The van der Waals surface area contributed by atoms with Crippen LogP contribution >= 0.6 is 0 Å². The van der Waals surface area contributed by atoms with E-state index in [1.54, 1.807) is 6.07 Å². The summed E-state index contributed by atoms with van der Waals surface area (Å²) in [5.41, 5.74) is 7.87. The zero-order chi connectivity index (χ0) is 14.1. The highest BCUT2D eigenvalue weighted by Crippen LogP contribution is 2.22. The molecule has 3 N–H and O–H groups in total. The molecule has 2 heterocycles. The molecule has 3 aromatic rings. The van der Waals surface area contributed by atoms with E-state index in [0.717, 1.165) is 11.3 Å². The van der Waals surface area contributed by atoms with Crippen molar-refractivity contribution in [1.82, 2.24) is 19.6 Å². The molecule has 0 unspecified atom stereocenters. The summed E-state index contributed by atoms with van der Waals surface area (Å²) in [4.78, 5) is 17.6. The van der Waals surface area contributed by atoms with Gasteiger partial charge < -0.3 is 10.6 Å². The van der Waals surface area contributed by atoms with E-state index in [4.69, 9.17) is 5.73 Å². The van der Waals surface area contributed by atoms with Crippen molar-refractivity contribution in [2.45, 2.75) is 6.54 Å². The molecule has 2 aromatic heterocycles. The van der Waals surface area contributed by atoms with Gasteiger partial charge in [0.25, 0.3) is 0 Å².